The molecule has 5 heteroatoms. The molecule has 1 saturated carbocycles. The van der Waals surface area contributed by atoms with Crippen molar-refractivity contribution in [3.63, 3.8) is 0 Å². The van der Waals surface area contributed by atoms with Crippen LogP contribution >= 0.6 is 11.3 Å². The molecule has 4 nitrogen and oxygen atoms in total. The number of methoxy groups -OCH3 is 1. The Kier molecular flexibility index (Phi) is 3.79. The highest BCUT2D eigenvalue weighted by atomic mass is 32.1. The second-order valence-corrected chi connectivity index (χ2v) is 5.31. The van der Waals surface area contributed by atoms with Gasteiger partial charge in [0.25, 0.3) is 0 Å². The first-order chi connectivity index (χ1) is 8.18. The van der Waals surface area contributed by atoms with Gasteiger partial charge in [-0.1, -0.05) is 25.7 Å². The predicted octanol–water partition coefficient (Wildman–Crippen LogP) is 3.04. The molecule has 1 heterocycles. The van der Waals surface area contributed by atoms with Crippen LogP contribution in [0.1, 0.15) is 54.0 Å². The van der Waals surface area contributed by atoms with E-state index in [4.69, 9.17) is 9.84 Å². The number of carboxylic acid groups (broad SMARTS) is 1. The van der Waals surface area contributed by atoms with Crippen molar-refractivity contribution in [2.24, 2.45) is 0 Å². The highest BCUT2D eigenvalue weighted by molar-refractivity contribution is 7.10. The van der Waals surface area contributed by atoms with Crippen LogP contribution in [0.3, 0.4) is 0 Å². The minimum atomic E-state index is -0.965. The number of rotatable bonds is 3. The molecule has 1 aliphatic rings. The first-order valence-electron chi connectivity index (χ1n) is 5.92. The van der Waals surface area contributed by atoms with Crippen molar-refractivity contribution in [2.45, 2.75) is 44.1 Å². The number of carboxylic acids is 1. The highest BCUT2D eigenvalue weighted by Crippen LogP contribution is 2.40. The lowest BCUT2D eigenvalue weighted by atomic mass is 9.95. The fourth-order valence-corrected chi connectivity index (χ4v) is 3.42. The van der Waals surface area contributed by atoms with E-state index < -0.39 is 5.97 Å². The first kappa shape index (κ1) is 12.5. The van der Waals surface area contributed by atoms with E-state index in [2.05, 4.69) is 4.98 Å². The molecule has 0 unspecified atom stereocenters. The van der Waals surface area contributed by atoms with Crippen molar-refractivity contribution in [2.75, 3.05) is 7.11 Å². The van der Waals surface area contributed by atoms with Crippen molar-refractivity contribution >= 4 is 17.3 Å². The summed E-state index contributed by atoms with van der Waals surface area (Å²) in [5.41, 5.74) is -0.222. The first-order valence-corrected chi connectivity index (χ1v) is 6.80. The summed E-state index contributed by atoms with van der Waals surface area (Å²) in [7, 11) is 1.70. The molecule has 1 aromatic heterocycles. The van der Waals surface area contributed by atoms with Crippen LogP contribution in [0.5, 0.6) is 0 Å². The summed E-state index contributed by atoms with van der Waals surface area (Å²) in [5.74, 6) is -0.965. The number of hydrogen-bond donors (Lipinski definition) is 1. The number of thiazole rings is 1. The van der Waals surface area contributed by atoms with Gasteiger partial charge < -0.3 is 9.84 Å². The molecule has 1 aliphatic carbocycles. The number of carbonyl (C=O) groups is 1. The zero-order chi connectivity index (χ0) is 12.3. The van der Waals surface area contributed by atoms with Crippen LogP contribution in [0.15, 0.2) is 5.38 Å². The third-order valence-electron chi connectivity index (χ3n) is 3.42. The van der Waals surface area contributed by atoms with Crippen molar-refractivity contribution in [3.8, 4) is 0 Å². The lowest BCUT2D eigenvalue weighted by molar-refractivity contribution is -0.0280. The van der Waals surface area contributed by atoms with E-state index in [-0.39, 0.29) is 11.3 Å². The van der Waals surface area contributed by atoms with Crippen molar-refractivity contribution < 1.29 is 14.6 Å². The maximum absolute atomic E-state index is 10.9. The Morgan fingerprint density at radius 2 is 2.06 bits per heavy atom. The Morgan fingerprint density at radius 3 is 2.53 bits per heavy atom. The molecular weight excluding hydrogens is 238 g/mol. The topological polar surface area (TPSA) is 59.4 Å². The summed E-state index contributed by atoms with van der Waals surface area (Å²) < 4.78 is 5.69. The second-order valence-electron chi connectivity index (χ2n) is 4.46. The Morgan fingerprint density at radius 1 is 1.41 bits per heavy atom. The highest BCUT2D eigenvalue weighted by Gasteiger charge is 2.36. The molecule has 0 saturated heterocycles. The van der Waals surface area contributed by atoms with Crippen LogP contribution < -0.4 is 0 Å². The molecule has 0 bridgehead atoms. The van der Waals surface area contributed by atoms with Gasteiger partial charge in [0.2, 0.25) is 0 Å². The third-order valence-corrected chi connectivity index (χ3v) is 4.44. The standard InChI is InChI=1S/C12H17NO3S/c1-16-12(6-4-2-3-5-7-12)11-13-9(8-17-11)10(14)15/h8H,2-7H2,1H3,(H,14,15). The summed E-state index contributed by atoms with van der Waals surface area (Å²) >= 11 is 1.40. The normalized spacial score (nSPS) is 19.8. The van der Waals surface area contributed by atoms with E-state index in [1.54, 1.807) is 12.5 Å². The van der Waals surface area contributed by atoms with Crippen LogP contribution in [0.2, 0.25) is 0 Å². The summed E-state index contributed by atoms with van der Waals surface area (Å²) in [4.78, 5) is 15.1. The van der Waals surface area contributed by atoms with Crippen LogP contribution in [0.4, 0.5) is 0 Å². The van der Waals surface area contributed by atoms with Gasteiger partial charge in [0.1, 0.15) is 10.6 Å². The fraction of sp³-hybridized carbons (Fsp3) is 0.667. The number of aromatic nitrogens is 1. The SMILES string of the molecule is COC1(c2nc(C(=O)O)cs2)CCCCCC1. The van der Waals surface area contributed by atoms with E-state index in [1.807, 2.05) is 0 Å². The fourth-order valence-electron chi connectivity index (χ4n) is 2.39. The Labute approximate surface area is 105 Å². The van der Waals surface area contributed by atoms with Gasteiger partial charge >= 0.3 is 5.97 Å². The molecule has 0 aliphatic heterocycles. The van der Waals surface area contributed by atoms with E-state index in [9.17, 15) is 4.79 Å². The van der Waals surface area contributed by atoms with Crippen LogP contribution in [0.25, 0.3) is 0 Å². The average molecular weight is 255 g/mol. The average Bonchev–Trinajstić information content (AvgIpc) is 2.70. The Balaban J connectivity index is 2.28. The van der Waals surface area contributed by atoms with Gasteiger partial charge in [-0.25, -0.2) is 9.78 Å². The molecule has 0 spiro atoms. The van der Waals surface area contributed by atoms with Gasteiger partial charge in [-0.15, -0.1) is 11.3 Å². The molecule has 1 N–H and O–H groups in total. The van der Waals surface area contributed by atoms with Crippen LogP contribution in [0, 0.1) is 0 Å². The summed E-state index contributed by atoms with van der Waals surface area (Å²) in [5, 5.41) is 11.3. The van der Waals surface area contributed by atoms with E-state index in [1.165, 1.54) is 24.2 Å². The monoisotopic (exact) mass is 255 g/mol. The third kappa shape index (κ3) is 2.50. The number of aromatic carboxylic acids is 1. The molecular formula is C12H17NO3S. The summed E-state index contributed by atoms with van der Waals surface area (Å²) in [6.07, 6.45) is 6.57. The van der Waals surface area contributed by atoms with Gasteiger partial charge in [-0.2, -0.15) is 0 Å². The molecule has 1 aromatic rings. The molecule has 17 heavy (non-hydrogen) atoms. The van der Waals surface area contributed by atoms with Crippen LogP contribution in [-0.4, -0.2) is 23.2 Å². The van der Waals surface area contributed by atoms with Crippen LogP contribution in [-0.2, 0) is 10.3 Å². The molecule has 2 rings (SSSR count). The minimum Gasteiger partial charge on any atom is -0.476 e. The van der Waals surface area contributed by atoms with Crippen molar-refractivity contribution in [1.29, 1.82) is 0 Å². The van der Waals surface area contributed by atoms with Gasteiger partial charge in [-0.05, 0) is 12.8 Å². The largest absolute Gasteiger partial charge is 0.476 e. The van der Waals surface area contributed by atoms with E-state index in [0.29, 0.717) is 0 Å². The maximum Gasteiger partial charge on any atom is 0.355 e. The molecule has 0 aromatic carbocycles. The quantitative estimate of drug-likeness (QED) is 0.843. The predicted molar refractivity (Wildman–Crippen MR) is 65.5 cm³/mol. The van der Waals surface area contributed by atoms with Gasteiger partial charge in [0.05, 0.1) is 0 Å². The van der Waals surface area contributed by atoms with Crippen molar-refractivity contribution in [1.82, 2.24) is 4.98 Å². The lowest BCUT2D eigenvalue weighted by Gasteiger charge is -2.28. The molecule has 94 valence electrons. The smallest absolute Gasteiger partial charge is 0.355 e. The maximum atomic E-state index is 10.9. The number of hydrogen-bond acceptors (Lipinski definition) is 4. The van der Waals surface area contributed by atoms with Gasteiger partial charge in [0.15, 0.2) is 5.69 Å². The van der Waals surface area contributed by atoms with E-state index in [0.717, 1.165) is 30.7 Å². The van der Waals surface area contributed by atoms with Gasteiger partial charge in [-0.3, -0.25) is 0 Å². The second kappa shape index (κ2) is 5.14. The lowest BCUT2D eigenvalue weighted by Crippen LogP contribution is -2.27. The van der Waals surface area contributed by atoms with Gasteiger partial charge in [0, 0.05) is 12.5 Å². The molecule has 1 fully saturated rings. The Bertz CT molecular complexity index is 394. The summed E-state index contributed by atoms with van der Waals surface area (Å²) in [6.45, 7) is 0. The molecule has 0 radical (unpaired) electrons. The number of nitrogens with zero attached hydrogens (tertiary/aromatic N) is 1. The zero-order valence-electron chi connectivity index (χ0n) is 9.94. The molecule has 0 amide bonds. The molecule has 0 atom stereocenters. The Hall–Kier alpha value is -0.940. The number of ether oxygens (including phenoxy) is 1. The minimum absolute atomic E-state index is 0.130. The zero-order valence-corrected chi connectivity index (χ0v) is 10.8. The van der Waals surface area contributed by atoms with Crippen molar-refractivity contribution in [3.05, 3.63) is 16.1 Å². The summed E-state index contributed by atoms with van der Waals surface area (Å²) in [6, 6.07) is 0. The van der Waals surface area contributed by atoms with E-state index >= 15 is 0 Å².